The van der Waals surface area contributed by atoms with Crippen LogP contribution in [0.15, 0.2) is 146 Å². The van der Waals surface area contributed by atoms with Crippen LogP contribution in [0.4, 0.5) is 0 Å². The highest BCUT2D eigenvalue weighted by Crippen LogP contribution is 2.36. The Labute approximate surface area is 293 Å². The van der Waals surface area contributed by atoms with Crippen molar-refractivity contribution < 1.29 is 14.3 Å². The average molecular weight is 661 g/mol. The van der Waals surface area contributed by atoms with E-state index in [4.69, 9.17) is 4.74 Å². The molecule has 1 heterocycles. The lowest BCUT2D eigenvalue weighted by atomic mass is 9.85. The van der Waals surface area contributed by atoms with Crippen molar-refractivity contribution in [2.45, 2.75) is 32.9 Å². The molecule has 50 heavy (non-hydrogen) atoms. The number of methoxy groups -OCH3 is 1. The molecule has 5 aromatic carbocycles. The Balaban J connectivity index is 1.22. The van der Waals surface area contributed by atoms with Gasteiger partial charge >= 0.3 is 5.97 Å². The second-order valence-electron chi connectivity index (χ2n) is 12.6. The van der Waals surface area contributed by atoms with Crippen LogP contribution in [0.25, 0.3) is 22.4 Å². The van der Waals surface area contributed by atoms with Gasteiger partial charge in [0.25, 0.3) is 5.91 Å². The van der Waals surface area contributed by atoms with Gasteiger partial charge in [0.15, 0.2) is 0 Å². The first-order valence-corrected chi connectivity index (χ1v) is 16.8. The maximum Gasteiger partial charge on any atom is 0.328 e. The molecule has 1 aromatic heterocycles. The lowest BCUT2D eigenvalue weighted by Gasteiger charge is -2.18. The standard InChI is InChI=1S/C43H40N4O3/c1-30(2)27-38(43(49)50-3)44-42(48)37-25-23-32(24-26-37)39-29-47(46-45-39)28-31-19-21-36(22-20-31)41(35-17-11-6-12-18-35)40(33-13-7-4-8-14-33)34-15-9-5-10-16-34/h4-26,29-30,38H,27-28H2,1-3H3,(H,44,48)/t38-/m0/s1. The minimum atomic E-state index is -0.697. The topological polar surface area (TPSA) is 86.1 Å². The number of rotatable bonds is 12. The summed E-state index contributed by atoms with van der Waals surface area (Å²) in [6, 6.07) is 46.7. The van der Waals surface area contributed by atoms with Gasteiger partial charge in [-0.05, 0) is 63.4 Å². The first-order valence-electron chi connectivity index (χ1n) is 16.8. The Morgan fingerprint density at radius 1 is 0.660 bits per heavy atom. The summed E-state index contributed by atoms with van der Waals surface area (Å²) in [5.74, 6) is -0.560. The molecule has 250 valence electrons. The number of nitrogens with zero attached hydrogens (tertiary/aromatic N) is 3. The minimum Gasteiger partial charge on any atom is -0.467 e. The smallest absolute Gasteiger partial charge is 0.328 e. The van der Waals surface area contributed by atoms with Gasteiger partial charge in [-0.3, -0.25) is 4.79 Å². The van der Waals surface area contributed by atoms with Gasteiger partial charge in [0.2, 0.25) is 0 Å². The van der Waals surface area contributed by atoms with E-state index in [2.05, 4.69) is 113 Å². The second-order valence-corrected chi connectivity index (χ2v) is 12.6. The quantitative estimate of drug-likeness (QED) is 0.105. The van der Waals surface area contributed by atoms with Gasteiger partial charge < -0.3 is 10.1 Å². The van der Waals surface area contributed by atoms with Crippen LogP contribution in [0.3, 0.4) is 0 Å². The van der Waals surface area contributed by atoms with Crippen molar-refractivity contribution in [2.24, 2.45) is 5.92 Å². The Morgan fingerprint density at radius 2 is 1.14 bits per heavy atom. The fourth-order valence-electron chi connectivity index (χ4n) is 6.06. The van der Waals surface area contributed by atoms with E-state index in [1.807, 2.05) is 55.1 Å². The number of benzene rings is 5. The molecule has 6 rings (SSSR count). The summed E-state index contributed by atoms with van der Waals surface area (Å²) in [6.07, 6.45) is 2.40. The minimum absolute atomic E-state index is 0.220. The molecule has 0 fully saturated rings. The zero-order valence-corrected chi connectivity index (χ0v) is 28.5. The fourth-order valence-corrected chi connectivity index (χ4v) is 6.06. The highest BCUT2D eigenvalue weighted by molar-refractivity contribution is 6.04. The number of hydrogen-bond donors (Lipinski definition) is 1. The van der Waals surface area contributed by atoms with E-state index in [-0.39, 0.29) is 11.8 Å². The normalized spacial score (nSPS) is 11.5. The van der Waals surface area contributed by atoms with Gasteiger partial charge in [-0.25, -0.2) is 9.48 Å². The molecule has 1 atom stereocenters. The van der Waals surface area contributed by atoms with Crippen molar-refractivity contribution in [3.05, 3.63) is 179 Å². The molecule has 0 aliphatic carbocycles. The van der Waals surface area contributed by atoms with Crippen LogP contribution in [0.2, 0.25) is 0 Å². The Kier molecular flexibility index (Phi) is 10.7. The first kappa shape index (κ1) is 33.8. The largest absolute Gasteiger partial charge is 0.467 e. The molecule has 0 saturated heterocycles. The molecule has 0 aliphatic rings. The monoisotopic (exact) mass is 660 g/mol. The molecule has 0 radical (unpaired) electrons. The number of aromatic nitrogens is 3. The highest BCUT2D eigenvalue weighted by Gasteiger charge is 2.23. The van der Waals surface area contributed by atoms with Crippen molar-refractivity contribution in [1.82, 2.24) is 20.3 Å². The van der Waals surface area contributed by atoms with Crippen LogP contribution >= 0.6 is 0 Å². The third-order valence-corrected chi connectivity index (χ3v) is 8.50. The van der Waals surface area contributed by atoms with E-state index in [0.717, 1.165) is 39.0 Å². The van der Waals surface area contributed by atoms with Gasteiger partial charge in [0.1, 0.15) is 11.7 Å². The molecule has 0 saturated carbocycles. The van der Waals surface area contributed by atoms with Crippen molar-refractivity contribution in [1.29, 1.82) is 0 Å². The molecular formula is C43H40N4O3. The van der Waals surface area contributed by atoms with Gasteiger partial charge in [-0.1, -0.05) is 146 Å². The summed E-state index contributed by atoms with van der Waals surface area (Å²) in [7, 11) is 1.33. The van der Waals surface area contributed by atoms with Gasteiger partial charge in [0.05, 0.1) is 19.9 Å². The van der Waals surface area contributed by atoms with Crippen molar-refractivity contribution >= 4 is 23.0 Å². The number of hydrogen-bond acceptors (Lipinski definition) is 5. The van der Waals surface area contributed by atoms with Crippen molar-refractivity contribution in [3.63, 3.8) is 0 Å². The van der Waals surface area contributed by atoms with Gasteiger partial charge in [0, 0.05) is 11.1 Å². The summed E-state index contributed by atoms with van der Waals surface area (Å²) in [6.45, 7) is 4.53. The van der Waals surface area contributed by atoms with Crippen LogP contribution in [0.1, 0.15) is 58.4 Å². The molecule has 1 N–H and O–H groups in total. The predicted octanol–water partition coefficient (Wildman–Crippen LogP) is 8.32. The van der Waals surface area contributed by atoms with Gasteiger partial charge in [-0.2, -0.15) is 0 Å². The van der Waals surface area contributed by atoms with E-state index in [1.165, 1.54) is 12.7 Å². The molecule has 1 amide bonds. The van der Waals surface area contributed by atoms with Crippen molar-refractivity contribution in [2.75, 3.05) is 7.11 Å². The second kappa shape index (κ2) is 15.9. The molecule has 0 unspecified atom stereocenters. The average Bonchev–Trinajstić information content (AvgIpc) is 3.63. The zero-order chi connectivity index (χ0) is 34.9. The van der Waals surface area contributed by atoms with Crippen LogP contribution in [0, 0.1) is 5.92 Å². The molecule has 0 spiro atoms. The number of amides is 1. The third-order valence-electron chi connectivity index (χ3n) is 8.50. The third kappa shape index (κ3) is 8.13. The lowest BCUT2D eigenvalue weighted by Crippen LogP contribution is -2.42. The van der Waals surface area contributed by atoms with Gasteiger partial charge in [-0.15, -0.1) is 5.10 Å². The summed E-state index contributed by atoms with van der Waals surface area (Å²) < 4.78 is 6.69. The van der Waals surface area contributed by atoms with Crippen LogP contribution < -0.4 is 5.32 Å². The maximum absolute atomic E-state index is 12.9. The first-order chi connectivity index (χ1) is 24.4. The molecule has 0 bridgehead atoms. The van der Waals surface area contributed by atoms with E-state index in [9.17, 15) is 9.59 Å². The number of esters is 1. The number of carbonyl (C=O) groups excluding carboxylic acids is 2. The van der Waals surface area contributed by atoms with Crippen LogP contribution in [-0.4, -0.2) is 40.0 Å². The van der Waals surface area contributed by atoms with E-state index < -0.39 is 12.0 Å². The summed E-state index contributed by atoms with van der Waals surface area (Å²) >= 11 is 0. The number of carbonyl (C=O) groups is 2. The fraction of sp³-hybridized carbons (Fsp3) is 0.163. The van der Waals surface area contributed by atoms with Crippen molar-refractivity contribution in [3.8, 4) is 11.3 Å². The molecule has 7 heteroatoms. The Morgan fingerprint density at radius 3 is 1.62 bits per heavy atom. The Bertz CT molecular complexity index is 2010. The summed E-state index contributed by atoms with van der Waals surface area (Å²) in [4.78, 5) is 25.1. The number of ether oxygens (including phenoxy) is 1. The maximum atomic E-state index is 12.9. The zero-order valence-electron chi connectivity index (χ0n) is 28.5. The molecule has 7 nitrogen and oxygen atoms in total. The van der Waals surface area contributed by atoms with Crippen LogP contribution in [0.5, 0.6) is 0 Å². The predicted molar refractivity (Wildman–Crippen MR) is 198 cm³/mol. The highest BCUT2D eigenvalue weighted by atomic mass is 16.5. The molecule has 6 aromatic rings. The number of nitrogens with one attached hydrogen (secondary N) is 1. The lowest BCUT2D eigenvalue weighted by molar-refractivity contribution is -0.143. The summed E-state index contributed by atoms with van der Waals surface area (Å²) in [5, 5.41) is 11.6. The van der Waals surface area contributed by atoms with Crippen LogP contribution in [-0.2, 0) is 16.1 Å². The molecule has 0 aliphatic heterocycles. The van der Waals surface area contributed by atoms with E-state index in [0.29, 0.717) is 24.2 Å². The molecular weight excluding hydrogens is 620 g/mol. The van der Waals surface area contributed by atoms with E-state index in [1.54, 1.807) is 12.1 Å². The Hall–Kier alpha value is -6.08. The summed E-state index contributed by atoms with van der Waals surface area (Å²) in [5.41, 5.74) is 9.98. The van der Waals surface area contributed by atoms with E-state index >= 15 is 0 Å². The SMILES string of the molecule is COC(=O)[C@H](CC(C)C)NC(=O)c1ccc(-c2cn(Cc3ccc(C(=C(c4ccccc4)c4ccccc4)c4ccccc4)cc3)nn2)cc1.